The van der Waals surface area contributed by atoms with Gasteiger partial charge in [0.1, 0.15) is 18.3 Å². The molecule has 0 aromatic heterocycles. The normalized spacial score (nSPS) is 49.3. The lowest BCUT2D eigenvalue weighted by atomic mass is 9.96. The van der Waals surface area contributed by atoms with Gasteiger partial charge >= 0.3 is 0 Å². The first-order chi connectivity index (χ1) is 6.46. The molecule has 1 aliphatic rings. The lowest BCUT2D eigenvalue weighted by Gasteiger charge is -2.44. The number of aliphatic hydroxyl groups is 5. The highest BCUT2D eigenvalue weighted by Gasteiger charge is 2.52. The quantitative estimate of drug-likeness (QED) is 0.325. The molecule has 0 saturated carbocycles. The number of hydrogen-bond acceptors (Lipinski definition) is 7. The Bertz CT molecular complexity index is 196. The molecule has 0 aliphatic carbocycles. The van der Waals surface area contributed by atoms with Crippen LogP contribution in [0.2, 0.25) is 0 Å². The Morgan fingerprint density at radius 2 is 1.86 bits per heavy atom. The number of hydrogen-bond donors (Lipinski definition) is 5. The van der Waals surface area contributed by atoms with E-state index in [0.717, 1.165) is 0 Å². The minimum atomic E-state index is -2.32. The van der Waals surface area contributed by atoms with Crippen LogP contribution in [0.15, 0.2) is 0 Å². The van der Waals surface area contributed by atoms with E-state index in [0.29, 0.717) is 0 Å². The van der Waals surface area contributed by atoms with Crippen LogP contribution in [0, 0.1) is 0 Å². The first kappa shape index (κ1) is 11.8. The molecule has 14 heavy (non-hydrogen) atoms. The van der Waals surface area contributed by atoms with Crippen LogP contribution in [0.4, 0.5) is 0 Å². The van der Waals surface area contributed by atoms with Crippen LogP contribution in [-0.2, 0) is 9.47 Å². The monoisotopic (exact) mass is 210 g/mol. The molecule has 0 bridgehead atoms. The van der Waals surface area contributed by atoms with Crippen molar-refractivity contribution in [2.24, 2.45) is 0 Å². The molecular weight excluding hydrogens is 196 g/mol. The van der Waals surface area contributed by atoms with Crippen LogP contribution in [0.3, 0.4) is 0 Å². The van der Waals surface area contributed by atoms with E-state index >= 15 is 0 Å². The fourth-order valence-electron chi connectivity index (χ4n) is 1.27. The van der Waals surface area contributed by atoms with E-state index in [9.17, 15) is 20.4 Å². The average molecular weight is 210 g/mol. The summed E-state index contributed by atoms with van der Waals surface area (Å²) < 4.78 is 9.30. The summed E-state index contributed by atoms with van der Waals surface area (Å²) in [5, 5.41) is 46.1. The van der Waals surface area contributed by atoms with Crippen molar-refractivity contribution in [1.29, 1.82) is 0 Å². The second-order valence-corrected chi connectivity index (χ2v) is 3.15. The van der Waals surface area contributed by atoms with E-state index in [1.165, 1.54) is 7.11 Å². The molecule has 84 valence electrons. The van der Waals surface area contributed by atoms with E-state index in [1.54, 1.807) is 0 Å². The number of rotatable bonds is 2. The zero-order chi connectivity index (χ0) is 10.9. The molecule has 7 nitrogen and oxygen atoms in total. The van der Waals surface area contributed by atoms with Crippen LogP contribution < -0.4 is 0 Å². The van der Waals surface area contributed by atoms with Crippen molar-refractivity contribution in [2.75, 3.05) is 13.7 Å². The Morgan fingerprint density at radius 1 is 1.29 bits per heavy atom. The predicted molar refractivity (Wildman–Crippen MR) is 41.9 cm³/mol. The minimum Gasteiger partial charge on any atom is -0.391 e. The summed E-state index contributed by atoms with van der Waals surface area (Å²) >= 11 is 0. The Morgan fingerprint density at radius 3 is 2.29 bits per heavy atom. The van der Waals surface area contributed by atoms with Crippen molar-refractivity contribution in [3.05, 3.63) is 0 Å². The van der Waals surface area contributed by atoms with Crippen LogP contribution in [0.1, 0.15) is 0 Å². The Hall–Kier alpha value is -0.280. The highest BCUT2D eigenvalue weighted by Crippen LogP contribution is 2.27. The van der Waals surface area contributed by atoms with Crippen molar-refractivity contribution < 1.29 is 35.0 Å². The Kier molecular flexibility index (Phi) is 3.43. The molecule has 0 spiro atoms. The third-order valence-corrected chi connectivity index (χ3v) is 2.19. The van der Waals surface area contributed by atoms with E-state index in [-0.39, 0.29) is 0 Å². The van der Waals surface area contributed by atoms with Crippen LogP contribution in [-0.4, -0.2) is 69.6 Å². The lowest BCUT2D eigenvalue weighted by molar-refractivity contribution is -0.393. The molecule has 1 unspecified atom stereocenters. The summed E-state index contributed by atoms with van der Waals surface area (Å²) in [6, 6.07) is 0. The van der Waals surface area contributed by atoms with Gasteiger partial charge in [0.05, 0.1) is 6.61 Å². The summed E-state index contributed by atoms with van der Waals surface area (Å²) in [6.45, 7) is -0.919. The maximum absolute atomic E-state index is 9.46. The van der Waals surface area contributed by atoms with Crippen molar-refractivity contribution >= 4 is 0 Å². The van der Waals surface area contributed by atoms with Gasteiger partial charge in [-0.15, -0.1) is 0 Å². The molecule has 5 N–H and O–H groups in total. The minimum absolute atomic E-state index is 0.919. The molecule has 7 heteroatoms. The molecule has 0 aromatic carbocycles. The molecule has 1 saturated heterocycles. The van der Waals surface area contributed by atoms with Crippen LogP contribution in [0.25, 0.3) is 0 Å². The van der Waals surface area contributed by atoms with Gasteiger partial charge in [0, 0.05) is 7.11 Å². The zero-order valence-electron chi connectivity index (χ0n) is 7.57. The fourth-order valence-corrected chi connectivity index (χ4v) is 1.27. The highest BCUT2D eigenvalue weighted by atomic mass is 16.8. The maximum Gasteiger partial charge on any atom is 0.221 e. The van der Waals surface area contributed by atoms with Gasteiger partial charge in [-0.05, 0) is 0 Å². The number of ether oxygens (including phenoxy) is 2. The van der Waals surface area contributed by atoms with Crippen molar-refractivity contribution in [3.8, 4) is 0 Å². The fraction of sp³-hybridized carbons (Fsp3) is 1.00. The highest BCUT2D eigenvalue weighted by molar-refractivity contribution is 4.93. The van der Waals surface area contributed by atoms with E-state index < -0.39 is 37.0 Å². The summed E-state index contributed by atoms with van der Waals surface area (Å²) in [4.78, 5) is 0. The molecule has 5 atom stereocenters. The molecule has 0 aromatic rings. The van der Waals surface area contributed by atoms with Gasteiger partial charge in [-0.2, -0.15) is 0 Å². The average Bonchev–Trinajstić information content (AvgIpc) is 2.20. The van der Waals surface area contributed by atoms with E-state index in [4.69, 9.17) is 9.84 Å². The molecule has 0 amide bonds. The maximum atomic E-state index is 9.46. The molecular formula is C7H14O7. The summed E-state index contributed by atoms with van der Waals surface area (Å²) in [5.74, 6) is -2.32. The summed E-state index contributed by atoms with van der Waals surface area (Å²) in [7, 11) is 1.19. The van der Waals surface area contributed by atoms with Crippen LogP contribution in [0.5, 0.6) is 0 Å². The van der Waals surface area contributed by atoms with Gasteiger partial charge < -0.3 is 35.0 Å². The van der Waals surface area contributed by atoms with Gasteiger partial charge in [-0.25, -0.2) is 0 Å². The third kappa shape index (κ3) is 1.75. The molecule has 1 fully saturated rings. The first-order valence-electron chi connectivity index (χ1n) is 4.04. The summed E-state index contributed by atoms with van der Waals surface area (Å²) in [5.41, 5.74) is 0. The molecule has 1 rings (SSSR count). The van der Waals surface area contributed by atoms with E-state index in [1.807, 2.05) is 0 Å². The second-order valence-electron chi connectivity index (χ2n) is 3.15. The van der Waals surface area contributed by atoms with Crippen molar-refractivity contribution in [1.82, 2.24) is 0 Å². The molecule has 1 heterocycles. The van der Waals surface area contributed by atoms with Gasteiger partial charge in [-0.1, -0.05) is 0 Å². The van der Waals surface area contributed by atoms with Crippen molar-refractivity contribution in [3.63, 3.8) is 0 Å². The van der Waals surface area contributed by atoms with Gasteiger partial charge in [0.15, 0.2) is 6.29 Å². The third-order valence-electron chi connectivity index (χ3n) is 2.19. The second kappa shape index (κ2) is 4.07. The SMILES string of the molecule is CO[C@@H]1OC(O)(CO)[C@@H](O)[C@H](O)[C@H]1O. The standard InChI is InChI=1S/C7H14O7/c1-13-6-4(10)3(9)5(11)7(12,2-8)14-6/h3-6,8-12H,2H2,1H3/t3-,4-,5+,6-,7?/m1/s1. The predicted octanol–water partition coefficient (Wildman–Crippen LogP) is -3.25. The zero-order valence-corrected chi connectivity index (χ0v) is 7.57. The largest absolute Gasteiger partial charge is 0.391 e. The van der Waals surface area contributed by atoms with Gasteiger partial charge in [0.2, 0.25) is 5.79 Å². The Balaban J connectivity index is 2.84. The smallest absolute Gasteiger partial charge is 0.221 e. The van der Waals surface area contributed by atoms with Crippen LogP contribution >= 0.6 is 0 Å². The van der Waals surface area contributed by atoms with E-state index in [2.05, 4.69) is 4.74 Å². The summed E-state index contributed by atoms with van der Waals surface area (Å²) in [6.07, 6.45) is -6.23. The van der Waals surface area contributed by atoms with Crippen molar-refractivity contribution in [2.45, 2.75) is 30.4 Å². The lowest BCUT2D eigenvalue weighted by Crippen LogP contribution is -2.66. The first-order valence-corrected chi connectivity index (χ1v) is 4.04. The number of methoxy groups -OCH3 is 1. The van der Waals surface area contributed by atoms with Gasteiger partial charge in [0.25, 0.3) is 0 Å². The number of aliphatic hydroxyl groups excluding tert-OH is 4. The van der Waals surface area contributed by atoms with Gasteiger partial charge in [-0.3, -0.25) is 0 Å². The molecule has 0 radical (unpaired) electrons. The molecule has 1 aliphatic heterocycles. The topological polar surface area (TPSA) is 120 Å². The Labute approximate surface area is 80.1 Å².